The summed E-state index contributed by atoms with van der Waals surface area (Å²) in [7, 11) is 1.64. The smallest absolute Gasteiger partial charge is 0.167 e. The summed E-state index contributed by atoms with van der Waals surface area (Å²) >= 11 is 9.55. The highest BCUT2D eigenvalue weighted by atomic mass is 79.9. The number of aliphatic hydroxyl groups excluding tert-OH is 1. The molecular weight excluding hydrogens is 418 g/mol. The van der Waals surface area contributed by atoms with Crippen LogP contribution in [0.5, 0.6) is 11.5 Å². The molecular formula is C20H25BrClNO3. The summed E-state index contributed by atoms with van der Waals surface area (Å²) in [6.45, 7) is 2.25. The maximum absolute atomic E-state index is 8.84. The van der Waals surface area contributed by atoms with Crippen LogP contribution in [0.2, 0.25) is 5.02 Å². The van der Waals surface area contributed by atoms with Crippen LogP contribution in [-0.4, -0.2) is 25.4 Å². The maximum atomic E-state index is 8.84. The number of aliphatic hydroxyl groups is 1. The van der Waals surface area contributed by atoms with Gasteiger partial charge in [0.15, 0.2) is 11.5 Å². The van der Waals surface area contributed by atoms with Crippen LogP contribution in [0.4, 0.5) is 0 Å². The van der Waals surface area contributed by atoms with Crippen molar-refractivity contribution in [2.75, 3.05) is 20.3 Å². The highest BCUT2D eigenvalue weighted by Gasteiger charge is 2.14. The van der Waals surface area contributed by atoms with Gasteiger partial charge in [-0.2, -0.15) is 0 Å². The molecule has 2 rings (SSSR count). The summed E-state index contributed by atoms with van der Waals surface area (Å²) in [5, 5.41) is 13.0. The molecule has 0 fully saturated rings. The first-order valence-electron chi connectivity index (χ1n) is 8.70. The van der Waals surface area contributed by atoms with Gasteiger partial charge in [0.2, 0.25) is 0 Å². The van der Waals surface area contributed by atoms with E-state index in [1.807, 2.05) is 36.4 Å². The van der Waals surface area contributed by atoms with Crippen LogP contribution in [-0.2, 0) is 13.2 Å². The van der Waals surface area contributed by atoms with E-state index in [0.717, 1.165) is 47.2 Å². The first-order chi connectivity index (χ1) is 12.7. The predicted octanol–water partition coefficient (Wildman–Crippen LogP) is 4.94. The number of rotatable bonds is 11. The van der Waals surface area contributed by atoms with Gasteiger partial charge in [0.05, 0.1) is 7.11 Å². The van der Waals surface area contributed by atoms with Crippen LogP contribution in [0.15, 0.2) is 40.9 Å². The summed E-state index contributed by atoms with van der Waals surface area (Å²) in [5.74, 6) is 1.44. The van der Waals surface area contributed by atoms with Crippen molar-refractivity contribution < 1.29 is 14.6 Å². The van der Waals surface area contributed by atoms with E-state index in [0.29, 0.717) is 23.9 Å². The van der Waals surface area contributed by atoms with Gasteiger partial charge in [-0.15, -0.1) is 0 Å². The monoisotopic (exact) mass is 441 g/mol. The third-order valence-corrected chi connectivity index (χ3v) is 4.99. The first-order valence-corrected chi connectivity index (χ1v) is 9.87. The summed E-state index contributed by atoms with van der Waals surface area (Å²) in [5.41, 5.74) is 2.07. The van der Waals surface area contributed by atoms with Gasteiger partial charge in [-0.05, 0) is 55.6 Å². The Bertz CT molecular complexity index is 680. The van der Waals surface area contributed by atoms with Crippen LogP contribution in [0.3, 0.4) is 0 Å². The summed E-state index contributed by atoms with van der Waals surface area (Å²) in [6.07, 6.45) is 2.89. The van der Waals surface area contributed by atoms with E-state index in [-0.39, 0.29) is 6.61 Å². The zero-order valence-electron chi connectivity index (χ0n) is 14.9. The largest absolute Gasteiger partial charge is 0.493 e. The molecule has 0 aromatic heterocycles. The Morgan fingerprint density at radius 3 is 2.54 bits per heavy atom. The van der Waals surface area contributed by atoms with Gasteiger partial charge in [0.25, 0.3) is 0 Å². The standard InChI is InChI=1S/C20H25BrClNO3/c1-25-19-10-9-18(21)17(13-23-11-3-2-4-12-24)20(19)26-14-15-5-7-16(22)8-6-15/h5-10,23-24H,2-4,11-14H2,1H3. The number of unbranched alkanes of at least 4 members (excludes halogenated alkanes) is 2. The van der Waals surface area contributed by atoms with E-state index in [4.69, 9.17) is 26.2 Å². The van der Waals surface area contributed by atoms with E-state index in [1.165, 1.54) is 0 Å². The van der Waals surface area contributed by atoms with Crippen molar-refractivity contribution in [3.8, 4) is 11.5 Å². The third kappa shape index (κ3) is 6.47. The van der Waals surface area contributed by atoms with Gasteiger partial charge in [0, 0.05) is 28.2 Å². The number of halogens is 2. The summed E-state index contributed by atoms with van der Waals surface area (Å²) in [4.78, 5) is 0. The molecule has 4 nitrogen and oxygen atoms in total. The molecule has 2 aromatic rings. The Hall–Kier alpha value is -1.27. The fourth-order valence-corrected chi connectivity index (χ4v) is 3.13. The minimum Gasteiger partial charge on any atom is -0.493 e. The summed E-state index contributed by atoms with van der Waals surface area (Å²) in [6, 6.07) is 11.5. The number of benzene rings is 2. The molecule has 0 atom stereocenters. The van der Waals surface area contributed by atoms with Crippen LogP contribution < -0.4 is 14.8 Å². The Kier molecular flexibility index (Phi) is 9.26. The average Bonchev–Trinajstić information content (AvgIpc) is 2.65. The van der Waals surface area contributed by atoms with Crippen molar-refractivity contribution >= 4 is 27.5 Å². The Morgan fingerprint density at radius 1 is 1.08 bits per heavy atom. The topological polar surface area (TPSA) is 50.7 Å². The van der Waals surface area contributed by atoms with Crippen LogP contribution in [0.1, 0.15) is 30.4 Å². The third-order valence-electron chi connectivity index (χ3n) is 4.00. The van der Waals surface area contributed by atoms with E-state index < -0.39 is 0 Å². The quantitative estimate of drug-likeness (QED) is 0.484. The van der Waals surface area contributed by atoms with Crippen molar-refractivity contribution in [2.24, 2.45) is 0 Å². The van der Waals surface area contributed by atoms with E-state index in [9.17, 15) is 0 Å². The molecule has 0 aliphatic rings. The second-order valence-electron chi connectivity index (χ2n) is 5.93. The van der Waals surface area contributed by atoms with Crippen LogP contribution in [0, 0.1) is 0 Å². The lowest BCUT2D eigenvalue weighted by Crippen LogP contribution is -2.16. The van der Waals surface area contributed by atoms with Gasteiger partial charge in [0.1, 0.15) is 6.61 Å². The average molecular weight is 443 g/mol. The molecule has 0 aliphatic heterocycles. The number of methoxy groups -OCH3 is 1. The van der Waals surface area contributed by atoms with E-state index in [2.05, 4.69) is 21.2 Å². The van der Waals surface area contributed by atoms with Gasteiger partial charge in [-0.1, -0.05) is 39.7 Å². The van der Waals surface area contributed by atoms with Crippen LogP contribution in [0.25, 0.3) is 0 Å². The molecule has 0 saturated heterocycles. The zero-order chi connectivity index (χ0) is 18.8. The lowest BCUT2D eigenvalue weighted by atomic mass is 10.1. The normalized spacial score (nSPS) is 10.8. The van der Waals surface area contributed by atoms with Crippen molar-refractivity contribution in [3.63, 3.8) is 0 Å². The fourth-order valence-electron chi connectivity index (χ4n) is 2.55. The molecule has 2 N–H and O–H groups in total. The number of ether oxygens (including phenoxy) is 2. The lowest BCUT2D eigenvalue weighted by Gasteiger charge is -2.17. The second kappa shape index (κ2) is 11.4. The molecule has 26 heavy (non-hydrogen) atoms. The summed E-state index contributed by atoms with van der Waals surface area (Å²) < 4.78 is 12.6. The van der Waals surface area contributed by atoms with Gasteiger partial charge in [-0.25, -0.2) is 0 Å². The van der Waals surface area contributed by atoms with Crippen molar-refractivity contribution in [1.82, 2.24) is 5.32 Å². The maximum Gasteiger partial charge on any atom is 0.167 e. The molecule has 0 aliphatic carbocycles. The molecule has 0 saturated carbocycles. The highest BCUT2D eigenvalue weighted by molar-refractivity contribution is 9.10. The highest BCUT2D eigenvalue weighted by Crippen LogP contribution is 2.36. The first kappa shape index (κ1) is 21.0. The lowest BCUT2D eigenvalue weighted by molar-refractivity contribution is 0.279. The molecule has 6 heteroatoms. The minimum atomic E-state index is 0.254. The Balaban J connectivity index is 2.04. The molecule has 2 aromatic carbocycles. The minimum absolute atomic E-state index is 0.254. The Morgan fingerprint density at radius 2 is 1.85 bits per heavy atom. The SMILES string of the molecule is COc1ccc(Br)c(CNCCCCCO)c1OCc1ccc(Cl)cc1. The molecule has 0 amide bonds. The Labute approximate surface area is 168 Å². The van der Waals surface area contributed by atoms with E-state index in [1.54, 1.807) is 7.11 Å². The molecule has 142 valence electrons. The molecule has 0 radical (unpaired) electrons. The molecule has 0 spiro atoms. The van der Waals surface area contributed by atoms with Crippen LogP contribution >= 0.6 is 27.5 Å². The van der Waals surface area contributed by atoms with Gasteiger partial charge in [-0.3, -0.25) is 0 Å². The second-order valence-corrected chi connectivity index (χ2v) is 7.22. The van der Waals surface area contributed by atoms with Crippen molar-refractivity contribution in [1.29, 1.82) is 0 Å². The fraction of sp³-hybridized carbons (Fsp3) is 0.400. The predicted molar refractivity (Wildman–Crippen MR) is 109 cm³/mol. The van der Waals surface area contributed by atoms with Crippen molar-refractivity contribution in [2.45, 2.75) is 32.4 Å². The number of hydrogen-bond acceptors (Lipinski definition) is 4. The zero-order valence-corrected chi connectivity index (χ0v) is 17.3. The number of nitrogens with one attached hydrogen (secondary N) is 1. The molecule has 0 heterocycles. The molecule has 0 bridgehead atoms. The van der Waals surface area contributed by atoms with Gasteiger partial charge < -0.3 is 19.9 Å². The van der Waals surface area contributed by atoms with Crippen molar-refractivity contribution in [3.05, 3.63) is 57.0 Å². The van der Waals surface area contributed by atoms with Gasteiger partial charge >= 0.3 is 0 Å². The number of hydrogen-bond donors (Lipinski definition) is 2. The van der Waals surface area contributed by atoms with E-state index >= 15 is 0 Å². The molecule has 0 unspecified atom stereocenters.